The number of methoxy groups -OCH3 is 1. The van der Waals surface area contributed by atoms with Crippen LogP contribution in [0.1, 0.15) is 32.6 Å². The van der Waals surface area contributed by atoms with Crippen LogP contribution in [0.4, 0.5) is 0 Å². The fraction of sp³-hybridized carbons (Fsp3) is 1.00. The van der Waals surface area contributed by atoms with Crippen LogP contribution < -0.4 is 0 Å². The van der Waals surface area contributed by atoms with Crippen molar-refractivity contribution in [2.45, 2.75) is 44.8 Å². The van der Waals surface area contributed by atoms with Gasteiger partial charge < -0.3 is 14.2 Å². The van der Waals surface area contributed by atoms with E-state index in [0.29, 0.717) is 18.8 Å². The Hall–Kier alpha value is -0.120. The molecule has 0 heterocycles. The number of rotatable bonds is 6. The average molecular weight is 202 g/mol. The van der Waals surface area contributed by atoms with E-state index in [1.165, 1.54) is 19.3 Å². The van der Waals surface area contributed by atoms with Crippen molar-refractivity contribution in [3.8, 4) is 0 Å². The molecule has 14 heavy (non-hydrogen) atoms. The van der Waals surface area contributed by atoms with Gasteiger partial charge in [0.2, 0.25) is 0 Å². The summed E-state index contributed by atoms with van der Waals surface area (Å²) in [5.74, 6) is 0. The van der Waals surface area contributed by atoms with Gasteiger partial charge >= 0.3 is 0 Å². The second kappa shape index (κ2) is 7.21. The van der Waals surface area contributed by atoms with Crippen LogP contribution in [0.5, 0.6) is 0 Å². The first-order chi connectivity index (χ1) is 6.86. The maximum absolute atomic E-state index is 5.71. The van der Waals surface area contributed by atoms with Gasteiger partial charge in [-0.25, -0.2) is 0 Å². The van der Waals surface area contributed by atoms with Gasteiger partial charge in [-0.05, 0) is 32.6 Å². The van der Waals surface area contributed by atoms with Gasteiger partial charge in [0.1, 0.15) is 0 Å². The number of hydrogen-bond donors (Lipinski definition) is 0. The highest BCUT2D eigenvalue weighted by Crippen LogP contribution is 2.22. The van der Waals surface area contributed by atoms with E-state index in [-0.39, 0.29) is 0 Å². The Kier molecular flexibility index (Phi) is 6.15. The molecule has 1 aliphatic carbocycles. The molecule has 2 atom stereocenters. The van der Waals surface area contributed by atoms with E-state index < -0.39 is 0 Å². The van der Waals surface area contributed by atoms with E-state index in [1.807, 2.05) is 6.92 Å². The van der Waals surface area contributed by atoms with Gasteiger partial charge in [-0.1, -0.05) is 0 Å². The Bertz CT molecular complexity index is 138. The van der Waals surface area contributed by atoms with Crippen molar-refractivity contribution in [1.82, 2.24) is 0 Å². The zero-order chi connectivity index (χ0) is 10.2. The molecule has 3 heteroatoms. The molecule has 3 nitrogen and oxygen atoms in total. The van der Waals surface area contributed by atoms with Crippen LogP contribution in [0.2, 0.25) is 0 Å². The van der Waals surface area contributed by atoms with Crippen molar-refractivity contribution in [3.05, 3.63) is 0 Å². The molecule has 1 aliphatic rings. The van der Waals surface area contributed by atoms with Crippen molar-refractivity contribution in [2.75, 3.05) is 26.9 Å². The summed E-state index contributed by atoms with van der Waals surface area (Å²) in [5.41, 5.74) is 0. The summed E-state index contributed by atoms with van der Waals surface area (Å²) < 4.78 is 16.3. The van der Waals surface area contributed by atoms with Gasteiger partial charge in [-0.2, -0.15) is 0 Å². The quantitative estimate of drug-likeness (QED) is 0.616. The van der Waals surface area contributed by atoms with Crippen LogP contribution in [-0.2, 0) is 14.2 Å². The lowest BCUT2D eigenvalue weighted by molar-refractivity contribution is -0.0456. The molecule has 0 aromatic carbocycles. The Balaban J connectivity index is 2.05. The smallest absolute Gasteiger partial charge is 0.0704 e. The van der Waals surface area contributed by atoms with E-state index in [9.17, 15) is 0 Å². The third-order valence-electron chi connectivity index (χ3n) is 2.70. The SMILES string of the molecule is CCOCCOC1CCCC(OC)C1. The van der Waals surface area contributed by atoms with Gasteiger partial charge in [0.25, 0.3) is 0 Å². The minimum atomic E-state index is 0.383. The summed E-state index contributed by atoms with van der Waals surface area (Å²) in [7, 11) is 1.78. The second-order valence-electron chi connectivity index (χ2n) is 3.71. The zero-order valence-electron chi connectivity index (χ0n) is 9.33. The molecule has 0 radical (unpaired) electrons. The Morgan fingerprint density at radius 1 is 1.14 bits per heavy atom. The number of hydrogen-bond acceptors (Lipinski definition) is 3. The van der Waals surface area contributed by atoms with E-state index in [2.05, 4.69) is 0 Å². The van der Waals surface area contributed by atoms with Crippen molar-refractivity contribution in [3.63, 3.8) is 0 Å². The minimum Gasteiger partial charge on any atom is -0.381 e. The van der Waals surface area contributed by atoms with Crippen LogP contribution in [-0.4, -0.2) is 39.1 Å². The maximum atomic E-state index is 5.71. The first-order valence-corrected chi connectivity index (χ1v) is 5.59. The predicted molar refractivity (Wildman–Crippen MR) is 55.5 cm³/mol. The summed E-state index contributed by atoms with van der Waals surface area (Å²) in [5, 5.41) is 0. The molecule has 2 unspecified atom stereocenters. The summed E-state index contributed by atoms with van der Waals surface area (Å²) in [6.45, 7) is 4.20. The largest absolute Gasteiger partial charge is 0.381 e. The molecule has 0 aromatic heterocycles. The van der Waals surface area contributed by atoms with E-state index in [1.54, 1.807) is 7.11 Å². The van der Waals surface area contributed by atoms with Gasteiger partial charge in [0, 0.05) is 13.7 Å². The highest BCUT2D eigenvalue weighted by Gasteiger charge is 2.21. The van der Waals surface area contributed by atoms with E-state index in [4.69, 9.17) is 14.2 Å². The number of ether oxygens (including phenoxy) is 3. The van der Waals surface area contributed by atoms with E-state index in [0.717, 1.165) is 19.6 Å². The third-order valence-corrected chi connectivity index (χ3v) is 2.70. The lowest BCUT2D eigenvalue weighted by atomic mass is 9.95. The minimum absolute atomic E-state index is 0.383. The fourth-order valence-electron chi connectivity index (χ4n) is 1.89. The van der Waals surface area contributed by atoms with Crippen molar-refractivity contribution in [2.24, 2.45) is 0 Å². The van der Waals surface area contributed by atoms with Crippen molar-refractivity contribution >= 4 is 0 Å². The van der Waals surface area contributed by atoms with Crippen molar-refractivity contribution in [1.29, 1.82) is 0 Å². The normalized spacial score (nSPS) is 27.9. The second-order valence-corrected chi connectivity index (χ2v) is 3.71. The Labute approximate surface area is 86.7 Å². The van der Waals surface area contributed by atoms with Crippen molar-refractivity contribution < 1.29 is 14.2 Å². The third kappa shape index (κ3) is 4.40. The summed E-state index contributed by atoms with van der Waals surface area (Å²) in [6, 6.07) is 0. The highest BCUT2D eigenvalue weighted by atomic mass is 16.5. The summed E-state index contributed by atoms with van der Waals surface area (Å²) >= 11 is 0. The monoisotopic (exact) mass is 202 g/mol. The molecule has 0 bridgehead atoms. The first kappa shape index (κ1) is 12.0. The Morgan fingerprint density at radius 2 is 1.93 bits per heavy atom. The fourth-order valence-corrected chi connectivity index (χ4v) is 1.89. The molecule has 1 rings (SSSR count). The first-order valence-electron chi connectivity index (χ1n) is 5.59. The van der Waals surface area contributed by atoms with Gasteiger partial charge in [-0.3, -0.25) is 0 Å². The Morgan fingerprint density at radius 3 is 2.64 bits per heavy atom. The van der Waals surface area contributed by atoms with Crippen LogP contribution >= 0.6 is 0 Å². The molecule has 1 fully saturated rings. The van der Waals surface area contributed by atoms with Gasteiger partial charge in [-0.15, -0.1) is 0 Å². The lowest BCUT2D eigenvalue weighted by Crippen LogP contribution is -2.28. The molecule has 0 amide bonds. The molecular weight excluding hydrogens is 180 g/mol. The molecule has 1 saturated carbocycles. The van der Waals surface area contributed by atoms with Crippen LogP contribution in [0, 0.1) is 0 Å². The molecule has 0 N–H and O–H groups in total. The molecule has 0 spiro atoms. The van der Waals surface area contributed by atoms with E-state index >= 15 is 0 Å². The summed E-state index contributed by atoms with van der Waals surface area (Å²) in [4.78, 5) is 0. The maximum Gasteiger partial charge on any atom is 0.0704 e. The predicted octanol–water partition coefficient (Wildman–Crippen LogP) is 2.00. The molecule has 84 valence electrons. The lowest BCUT2D eigenvalue weighted by Gasteiger charge is -2.28. The van der Waals surface area contributed by atoms with Gasteiger partial charge in [0.05, 0.1) is 25.4 Å². The summed E-state index contributed by atoms with van der Waals surface area (Å²) in [6.07, 6.45) is 5.41. The molecule has 0 saturated heterocycles. The average Bonchev–Trinajstić information content (AvgIpc) is 2.25. The topological polar surface area (TPSA) is 27.7 Å². The standard InChI is InChI=1S/C11H22O3/c1-3-13-7-8-14-11-6-4-5-10(9-11)12-2/h10-11H,3-9H2,1-2H3. The highest BCUT2D eigenvalue weighted by molar-refractivity contribution is 4.73. The molecule has 0 aliphatic heterocycles. The van der Waals surface area contributed by atoms with Gasteiger partial charge in [0.15, 0.2) is 0 Å². The van der Waals surface area contributed by atoms with Crippen LogP contribution in [0.15, 0.2) is 0 Å². The van der Waals surface area contributed by atoms with Crippen LogP contribution in [0.3, 0.4) is 0 Å². The molecular formula is C11H22O3. The van der Waals surface area contributed by atoms with Crippen LogP contribution in [0.25, 0.3) is 0 Å². The molecule has 0 aromatic rings. The zero-order valence-corrected chi connectivity index (χ0v) is 9.33.